The predicted octanol–water partition coefficient (Wildman–Crippen LogP) is 0.812. The lowest BCUT2D eigenvalue weighted by molar-refractivity contribution is 1.49. The molecule has 0 saturated carbocycles. The summed E-state index contributed by atoms with van der Waals surface area (Å²) in [7, 11) is 3.16. The first-order valence-corrected chi connectivity index (χ1v) is 2.36. The van der Waals surface area contributed by atoms with Crippen LogP contribution in [0, 0.1) is 0 Å². The normalized spacial score (nSPS) is 7.50. The Labute approximate surface area is 34.6 Å². The first kappa shape index (κ1) is 4.51. The Morgan fingerprint density at radius 1 is 1.75 bits per heavy atom. The summed E-state index contributed by atoms with van der Waals surface area (Å²) >= 11 is 5.14. The number of rotatable bonds is 1. The monoisotopic (exact) mass is 91.0 g/mol. The highest BCUT2D eigenvalue weighted by molar-refractivity contribution is 6.22. The highest BCUT2D eigenvalue weighted by atomic mass is 35.5. The van der Waals surface area contributed by atoms with Crippen molar-refractivity contribution in [2.75, 3.05) is 5.88 Å². The molecule has 23 valence electrons. The molecule has 0 aliphatic heterocycles. The van der Waals surface area contributed by atoms with Gasteiger partial charge < -0.3 is 0 Å². The molecule has 0 saturated heterocycles. The Morgan fingerprint density at radius 2 is 2.00 bits per heavy atom. The van der Waals surface area contributed by atoms with Crippen molar-refractivity contribution in [2.45, 2.75) is 6.04 Å². The highest BCUT2D eigenvalue weighted by Crippen LogP contribution is 1.73. The van der Waals surface area contributed by atoms with Gasteiger partial charge in [-0.15, -0.1) is 11.6 Å². The third kappa shape index (κ3) is 2.51. The molecule has 0 nitrogen and oxygen atoms in total. The van der Waals surface area contributed by atoms with Crippen molar-refractivity contribution >= 4 is 21.8 Å². The molecule has 0 N–H and O–H groups in total. The first-order chi connectivity index (χ1) is 1.91. The van der Waals surface area contributed by atoms with E-state index in [1.54, 1.807) is 0 Å². The number of hydrogen-bond donors (Lipinski definition) is 0. The van der Waals surface area contributed by atoms with Crippen LogP contribution in [0.3, 0.4) is 0 Å². The van der Waals surface area contributed by atoms with Gasteiger partial charge in [0.15, 0.2) is 0 Å². The minimum Gasteiger partial charge on any atom is -0.127 e. The minimum atomic E-state index is 0.705. The lowest BCUT2D eigenvalue weighted by Gasteiger charge is -1.64. The van der Waals surface area contributed by atoms with E-state index in [-0.39, 0.29) is 0 Å². The largest absolute Gasteiger partial charge is 0.127 e. The Morgan fingerprint density at radius 3 is 2.00 bits per heavy atom. The summed E-state index contributed by atoms with van der Waals surface area (Å²) in [6.07, 6.45) is 0. The Hall–Kier alpha value is 0.507. The van der Waals surface area contributed by atoms with Crippen molar-refractivity contribution in [2.24, 2.45) is 0 Å². The third-order valence-electron chi connectivity index (χ3n) is 0.0945. The standard InChI is InChI=1S/C2H4ClSi/c3-1-2-4/h1-2H2. The molecule has 0 spiro atoms. The van der Waals surface area contributed by atoms with Gasteiger partial charge in [-0.25, -0.2) is 0 Å². The molecule has 0 aromatic carbocycles. The zero-order valence-corrected chi connectivity index (χ0v) is 4.05. The number of alkyl halides is 1. The fraction of sp³-hybridized carbons (Fsp3) is 1.00. The topological polar surface area (TPSA) is 0 Å². The van der Waals surface area contributed by atoms with Crippen LogP contribution < -0.4 is 0 Å². The molecule has 0 aliphatic rings. The van der Waals surface area contributed by atoms with Gasteiger partial charge in [0.2, 0.25) is 0 Å². The van der Waals surface area contributed by atoms with Gasteiger partial charge in [0, 0.05) is 16.1 Å². The van der Waals surface area contributed by atoms with Crippen molar-refractivity contribution < 1.29 is 0 Å². The Bertz CT molecular complexity index is 8.00. The maximum atomic E-state index is 5.14. The molecule has 0 amide bonds. The van der Waals surface area contributed by atoms with Crippen molar-refractivity contribution in [3.05, 3.63) is 0 Å². The zero-order valence-electron chi connectivity index (χ0n) is 2.29. The van der Waals surface area contributed by atoms with Crippen LogP contribution in [-0.2, 0) is 0 Å². The van der Waals surface area contributed by atoms with Crippen molar-refractivity contribution in [1.29, 1.82) is 0 Å². The van der Waals surface area contributed by atoms with Gasteiger partial charge in [-0.3, -0.25) is 0 Å². The molecule has 2 heteroatoms. The average Bonchev–Trinajstić information content (AvgIpc) is 1.37. The lowest BCUT2D eigenvalue weighted by atomic mass is 11.0. The van der Waals surface area contributed by atoms with Gasteiger partial charge in [-0.05, 0) is 0 Å². The van der Waals surface area contributed by atoms with Gasteiger partial charge in [0.05, 0.1) is 0 Å². The van der Waals surface area contributed by atoms with Gasteiger partial charge >= 0.3 is 0 Å². The van der Waals surface area contributed by atoms with Crippen LogP contribution >= 0.6 is 11.6 Å². The summed E-state index contributed by atoms with van der Waals surface area (Å²) in [6.45, 7) is 0. The molecular weight excluding hydrogens is 87.6 g/mol. The second-order valence-corrected chi connectivity index (χ2v) is 1.32. The van der Waals surface area contributed by atoms with E-state index >= 15 is 0 Å². The zero-order chi connectivity index (χ0) is 3.41. The number of hydrogen-bond acceptors (Lipinski definition) is 0. The van der Waals surface area contributed by atoms with E-state index in [4.69, 9.17) is 11.6 Å². The third-order valence-corrected chi connectivity index (χ3v) is 0.850. The lowest BCUT2D eigenvalue weighted by Crippen LogP contribution is -1.62. The van der Waals surface area contributed by atoms with E-state index in [0.717, 1.165) is 6.04 Å². The second-order valence-electron chi connectivity index (χ2n) is 0.439. The summed E-state index contributed by atoms with van der Waals surface area (Å²) in [5.41, 5.74) is 0. The van der Waals surface area contributed by atoms with Gasteiger partial charge in [-0.2, -0.15) is 0 Å². The van der Waals surface area contributed by atoms with Crippen molar-refractivity contribution in [3.63, 3.8) is 0 Å². The SMILES string of the molecule is [Si]CCCl. The summed E-state index contributed by atoms with van der Waals surface area (Å²) < 4.78 is 0. The minimum absolute atomic E-state index is 0.705. The summed E-state index contributed by atoms with van der Waals surface area (Å²) in [6, 6.07) is 0.890. The van der Waals surface area contributed by atoms with Crippen LogP contribution in [0.4, 0.5) is 0 Å². The Balaban J connectivity index is 1.97. The molecule has 0 aromatic heterocycles. The smallest absolute Gasteiger partial charge is 0.0236 e. The molecule has 0 heterocycles. The van der Waals surface area contributed by atoms with E-state index in [1.807, 2.05) is 0 Å². The average molecular weight is 91.6 g/mol. The van der Waals surface area contributed by atoms with Gasteiger partial charge in [0.25, 0.3) is 0 Å². The summed E-state index contributed by atoms with van der Waals surface area (Å²) in [5.74, 6) is 0.705. The molecule has 3 radical (unpaired) electrons. The molecule has 0 aliphatic carbocycles. The van der Waals surface area contributed by atoms with Crippen LogP contribution in [0.2, 0.25) is 6.04 Å². The fourth-order valence-electron chi connectivity index (χ4n) is 0. The molecule has 0 bridgehead atoms. The van der Waals surface area contributed by atoms with E-state index in [0.29, 0.717) is 5.88 Å². The first-order valence-electron chi connectivity index (χ1n) is 1.12. The van der Waals surface area contributed by atoms with E-state index in [1.165, 1.54) is 0 Å². The summed E-state index contributed by atoms with van der Waals surface area (Å²) in [5, 5.41) is 0. The van der Waals surface area contributed by atoms with Gasteiger partial charge in [0.1, 0.15) is 0 Å². The molecular formula is C2H4ClSi. The van der Waals surface area contributed by atoms with Crippen LogP contribution in [0.1, 0.15) is 0 Å². The van der Waals surface area contributed by atoms with E-state index in [9.17, 15) is 0 Å². The van der Waals surface area contributed by atoms with Crippen LogP contribution in [-0.4, -0.2) is 16.1 Å². The van der Waals surface area contributed by atoms with Crippen molar-refractivity contribution in [3.8, 4) is 0 Å². The van der Waals surface area contributed by atoms with Crippen LogP contribution in [0.25, 0.3) is 0 Å². The van der Waals surface area contributed by atoms with E-state index in [2.05, 4.69) is 10.2 Å². The molecule has 0 fully saturated rings. The Kier molecular flexibility index (Phi) is 3.95. The van der Waals surface area contributed by atoms with Crippen LogP contribution in [0.5, 0.6) is 0 Å². The fourth-order valence-corrected chi connectivity index (χ4v) is 0. The molecule has 0 aromatic rings. The van der Waals surface area contributed by atoms with Crippen LogP contribution in [0.15, 0.2) is 0 Å². The highest BCUT2D eigenvalue weighted by Gasteiger charge is 1.59. The molecule has 0 atom stereocenters. The molecule has 0 unspecified atom stereocenters. The molecule has 4 heavy (non-hydrogen) atoms. The maximum Gasteiger partial charge on any atom is 0.0236 e. The van der Waals surface area contributed by atoms with E-state index < -0.39 is 0 Å². The van der Waals surface area contributed by atoms with Crippen molar-refractivity contribution in [1.82, 2.24) is 0 Å². The maximum absolute atomic E-state index is 5.14. The predicted molar refractivity (Wildman–Crippen MR) is 21.3 cm³/mol. The second kappa shape index (κ2) is 3.51. The van der Waals surface area contributed by atoms with Gasteiger partial charge in [-0.1, -0.05) is 6.04 Å². The quantitative estimate of drug-likeness (QED) is 0.331. The summed E-state index contributed by atoms with van der Waals surface area (Å²) in [4.78, 5) is 0. The molecule has 0 rings (SSSR count). The number of halogens is 1.